The van der Waals surface area contributed by atoms with Crippen molar-refractivity contribution in [2.45, 2.75) is 132 Å². The zero-order valence-corrected chi connectivity index (χ0v) is 27.7. The van der Waals surface area contributed by atoms with Gasteiger partial charge in [-0.05, 0) is 132 Å². The van der Waals surface area contributed by atoms with Gasteiger partial charge in [-0.15, -0.1) is 0 Å². The monoisotopic (exact) mass is 599 g/mol. The summed E-state index contributed by atoms with van der Waals surface area (Å²) in [4.78, 5) is 52.8. The molecule has 0 bridgehead atoms. The first kappa shape index (κ1) is 32.0. The summed E-state index contributed by atoms with van der Waals surface area (Å²) < 4.78 is 5.51. The lowest BCUT2D eigenvalue weighted by molar-refractivity contribution is -0.201. The van der Waals surface area contributed by atoms with Crippen molar-refractivity contribution in [1.82, 2.24) is 5.32 Å². The third-order valence-corrected chi connectivity index (χ3v) is 13.9. The number of carbonyl (C=O) groups excluding carboxylic acids is 2. The first-order valence-corrected chi connectivity index (χ1v) is 16.3. The lowest BCUT2D eigenvalue weighted by Crippen LogP contribution is -2.69. The maximum atomic E-state index is 14.5. The van der Waals surface area contributed by atoms with Crippen LogP contribution in [-0.4, -0.2) is 45.7 Å². The van der Waals surface area contributed by atoms with E-state index in [0.717, 1.165) is 24.8 Å². The van der Waals surface area contributed by atoms with E-state index in [2.05, 4.69) is 33.0 Å². The Morgan fingerprint density at radius 1 is 0.884 bits per heavy atom. The normalized spacial score (nSPS) is 47.6. The Kier molecular flexibility index (Phi) is 7.12. The van der Waals surface area contributed by atoms with Crippen molar-refractivity contribution in [1.29, 1.82) is 0 Å². The minimum absolute atomic E-state index is 0.0296. The van der Waals surface area contributed by atoms with Crippen molar-refractivity contribution in [3.05, 3.63) is 11.6 Å². The molecular formula is C35H53NO7. The molecular weight excluding hydrogens is 546 g/mol. The fourth-order valence-electron chi connectivity index (χ4n) is 11.0. The molecule has 0 radical (unpaired) electrons. The van der Waals surface area contributed by atoms with Crippen molar-refractivity contribution < 1.29 is 34.1 Å². The molecule has 0 unspecified atom stereocenters. The average molecular weight is 600 g/mol. The Labute approximate surface area is 256 Å². The fraction of sp³-hybridized carbons (Fsp3) is 0.829. The van der Waals surface area contributed by atoms with Gasteiger partial charge >= 0.3 is 18.0 Å². The van der Waals surface area contributed by atoms with Gasteiger partial charge in [-0.2, -0.15) is 0 Å². The molecule has 0 heterocycles. The molecule has 8 heteroatoms. The number of carboxylic acids is 2. The van der Waals surface area contributed by atoms with Crippen LogP contribution in [0, 0.1) is 50.2 Å². The number of carbonyl (C=O) groups is 4. The smallest absolute Gasteiger partial charge is 0.407 e. The van der Waals surface area contributed by atoms with Gasteiger partial charge in [0.05, 0.1) is 10.8 Å². The number of hydrogen-bond acceptors (Lipinski definition) is 5. The number of carboxylic acid groups (broad SMARTS) is 2. The van der Waals surface area contributed by atoms with Crippen molar-refractivity contribution in [2.75, 3.05) is 0 Å². The Hall–Kier alpha value is -2.38. The number of ketones is 1. The fourth-order valence-corrected chi connectivity index (χ4v) is 11.0. The Morgan fingerprint density at radius 2 is 1.51 bits per heavy atom. The van der Waals surface area contributed by atoms with Crippen LogP contribution in [0.2, 0.25) is 0 Å². The van der Waals surface area contributed by atoms with E-state index in [1.807, 2.05) is 13.0 Å². The van der Waals surface area contributed by atoms with Gasteiger partial charge in [-0.25, -0.2) is 4.79 Å². The van der Waals surface area contributed by atoms with E-state index >= 15 is 0 Å². The van der Waals surface area contributed by atoms with E-state index in [1.54, 1.807) is 27.7 Å². The molecule has 240 valence electrons. The standard InChI is InChI=1S/C35H53NO7/c1-29(2,3)43-28(42)36-24-11-12-32(6)23(35(24,9)27(40)41)10-13-34(8)25(32)22(37)18-20-21-19-31(5,26(38)39)15-14-30(21,4)16-17-33(20,34)7/h18,21,23-25H,10-17,19H2,1-9H3,(H,36,42)(H,38,39)(H,40,41)/t21-,23+,24-,25+,30+,31-,32-,33+,34+,35-/m0/s1. The van der Waals surface area contributed by atoms with E-state index in [9.17, 15) is 29.4 Å². The molecule has 8 nitrogen and oxygen atoms in total. The van der Waals surface area contributed by atoms with E-state index in [1.165, 1.54) is 0 Å². The molecule has 5 rings (SSSR count). The molecule has 5 aliphatic rings. The Bertz CT molecular complexity index is 1280. The molecule has 0 aromatic carbocycles. The molecule has 1 amide bonds. The number of aliphatic carboxylic acids is 2. The van der Waals surface area contributed by atoms with Crippen LogP contribution in [0.3, 0.4) is 0 Å². The second-order valence-electron chi connectivity index (χ2n) is 17.4. The molecule has 43 heavy (non-hydrogen) atoms. The highest BCUT2D eigenvalue weighted by molar-refractivity contribution is 5.96. The predicted octanol–water partition coefficient (Wildman–Crippen LogP) is 7.01. The number of alkyl carbamates (subject to hydrolysis) is 1. The summed E-state index contributed by atoms with van der Waals surface area (Å²) >= 11 is 0. The van der Waals surface area contributed by atoms with Crippen LogP contribution < -0.4 is 5.32 Å². The molecule has 3 N–H and O–H groups in total. The third kappa shape index (κ3) is 4.42. The molecule has 5 aliphatic carbocycles. The summed E-state index contributed by atoms with van der Waals surface area (Å²) in [5, 5.41) is 23.8. The van der Waals surface area contributed by atoms with Crippen molar-refractivity contribution in [3.8, 4) is 0 Å². The molecule has 10 atom stereocenters. The van der Waals surface area contributed by atoms with Crippen molar-refractivity contribution >= 4 is 23.8 Å². The summed E-state index contributed by atoms with van der Waals surface area (Å²) in [6, 6.07) is -0.617. The molecule has 4 saturated carbocycles. The highest BCUT2D eigenvalue weighted by Crippen LogP contribution is 2.75. The largest absolute Gasteiger partial charge is 0.481 e. The second kappa shape index (κ2) is 9.56. The summed E-state index contributed by atoms with van der Waals surface area (Å²) in [5.74, 6) is -2.28. The summed E-state index contributed by atoms with van der Waals surface area (Å²) in [6.07, 6.45) is 7.66. The minimum Gasteiger partial charge on any atom is -0.481 e. The van der Waals surface area contributed by atoms with Crippen LogP contribution in [0.4, 0.5) is 4.79 Å². The van der Waals surface area contributed by atoms with E-state index in [-0.39, 0.29) is 39.8 Å². The quantitative estimate of drug-likeness (QED) is 0.318. The first-order valence-electron chi connectivity index (χ1n) is 16.3. The van der Waals surface area contributed by atoms with E-state index < -0.39 is 45.9 Å². The van der Waals surface area contributed by atoms with E-state index in [4.69, 9.17) is 4.74 Å². The van der Waals surface area contributed by atoms with Gasteiger partial charge in [0, 0.05) is 12.0 Å². The average Bonchev–Trinajstić information content (AvgIpc) is 2.86. The number of ether oxygens (including phenoxy) is 1. The van der Waals surface area contributed by atoms with Gasteiger partial charge in [-0.3, -0.25) is 14.4 Å². The van der Waals surface area contributed by atoms with Gasteiger partial charge in [0.1, 0.15) is 5.60 Å². The molecule has 4 fully saturated rings. The molecule has 0 saturated heterocycles. The highest BCUT2D eigenvalue weighted by atomic mass is 16.6. The molecule has 0 spiro atoms. The molecule has 0 aromatic rings. The van der Waals surface area contributed by atoms with Gasteiger partial charge < -0.3 is 20.3 Å². The maximum absolute atomic E-state index is 14.5. The van der Waals surface area contributed by atoms with Crippen LogP contribution in [0.5, 0.6) is 0 Å². The lowest BCUT2D eigenvalue weighted by atomic mass is 9.33. The lowest BCUT2D eigenvalue weighted by Gasteiger charge is -2.70. The van der Waals surface area contributed by atoms with Crippen LogP contribution in [0.15, 0.2) is 11.6 Å². The topological polar surface area (TPSA) is 130 Å². The van der Waals surface area contributed by atoms with Gasteiger partial charge in [0.25, 0.3) is 0 Å². The van der Waals surface area contributed by atoms with Gasteiger partial charge in [0.2, 0.25) is 0 Å². The highest BCUT2D eigenvalue weighted by Gasteiger charge is 2.72. The maximum Gasteiger partial charge on any atom is 0.407 e. The van der Waals surface area contributed by atoms with E-state index in [0.29, 0.717) is 38.5 Å². The number of fused-ring (bicyclic) bond motifs is 7. The first-order chi connectivity index (χ1) is 19.6. The van der Waals surface area contributed by atoms with Crippen LogP contribution in [0.1, 0.15) is 120 Å². The van der Waals surface area contributed by atoms with Crippen LogP contribution in [-0.2, 0) is 19.1 Å². The number of amides is 1. The minimum atomic E-state index is -1.27. The van der Waals surface area contributed by atoms with Crippen LogP contribution >= 0.6 is 0 Å². The SMILES string of the molecule is CC(C)(C)OC(=O)N[C@H]1CC[C@@]2(C)[C@@H](CC[C@]3(C)[C@@H]2C(=O)C=C2[C@@H]4C[C@@](C)(C(=O)O)CC[C@]4(C)CC[C@]23C)[C@]1(C)C(=O)O. The number of hydrogen-bond donors (Lipinski definition) is 3. The molecule has 0 aromatic heterocycles. The van der Waals surface area contributed by atoms with Crippen molar-refractivity contribution in [3.63, 3.8) is 0 Å². The summed E-state index contributed by atoms with van der Waals surface area (Å²) in [7, 11) is 0. The van der Waals surface area contributed by atoms with Gasteiger partial charge in [0.15, 0.2) is 5.78 Å². The van der Waals surface area contributed by atoms with Crippen LogP contribution in [0.25, 0.3) is 0 Å². The predicted molar refractivity (Wildman–Crippen MR) is 162 cm³/mol. The summed E-state index contributed by atoms with van der Waals surface area (Å²) in [6.45, 7) is 17.9. The molecule has 0 aliphatic heterocycles. The zero-order chi connectivity index (χ0) is 32.2. The second-order valence-corrected chi connectivity index (χ2v) is 17.4. The van der Waals surface area contributed by atoms with Gasteiger partial charge in [-0.1, -0.05) is 33.3 Å². The Morgan fingerprint density at radius 3 is 2.09 bits per heavy atom. The third-order valence-electron chi connectivity index (χ3n) is 13.9. The zero-order valence-electron chi connectivity index (χ0n) is 27.7. The number of nitrogens with one attached hydrogen (secondary N) is 1. The Balaban J connectivity index is 1.55. The number of allylic oxidation sites excluding steroid dienone is 2. The summed E-state index contributed by atoms with van der Waals surface area (Å²) in [5.41, 5.74) is -2.92. The number of rotatable bonds is 3. The van der Waals surface area contributed by atoms with Crippen molar-refractivity contribution in [2.24, 2.45) is 50.2 Å².